The molecule has 0 fully saturated rings. The van der Waals surface area contributed by atoms with Crippen LogP contribution in [0.4, 0.5) is 5.69 Å². The number of hydrogen-bond donors (Lipinski definition) is 2. The number of rotatable bonds is 5. The Morgan fingerprint density at radius 1 is 1.04 bits per heavy atom. The molecule has 0 aliphatic rings. The summed E-state index contributed by atoms with van der Waals surface area (Å²) in [4.78, 5) is 28.9. The quantitative estimate of drug-likeness (QED) is 0.830. The van der Waals surface area contributed by atoms with Gasteiger partial charge in [-0.3, -0.25) is 14.6 Å². The number of nitrogens with zero attached hydrogens (tertiary/aromatic N) is 1. The summed E-state index contributed by atoms with van der Waals surface area (Å²) in [5.74, 6) is -0.648. The van der Waals surface area contributed by atoms with E-state index < -0.39 is 5.41 Å². The van der Waals surface area contributed by atoms with Gasteiger partial charge in [0.2, 0.25) is 11.8 Å². The number of nitrogens with one attached hydrogen (secondary N) is 2. The average Bonchev–Trinajstić information content (AvgIpc) is 2.57. The van der Waals surface area contributed by atoms with Gasteiger partial charge in [-0.1, -0.05) is 12.1 Å². The van der Waals surface area contributed by atoms with Gasteiger partial charge < -0.3 is 10.6 Å². The Morgan fingerprint density at radius 2 is 1.71 bits per heavy atom. The highest BCUT2D eigenvalue weighted by molar-refractivity contribution is 6.10. The first-order valence-electron chi connectivity index (χ1n) is 7.87. The van der Waals surface area contributed by atoms with Crippen molar-refractivity contribution in [2.75, 3.05) is 5.32 Å². The maximum Gasteiger partial charge on any atom is 0.239 e. The van der Waals surface area contributed by atoms with Crippen LogP contribution < -0.4 is 10.6 Å². The van der Waals surface area contributed by atoms with E-state index in [9.17, 15) is 9.59 Å². The van der Waals surface area contributed by atoms with Crippen LogP contribution in [0.15, 0.2) is 42.7 Å². The molecule has 0 bridgehead atoms. The molecule has 2 N–H and O–H groups in total. The van der Waals surface area contributed by atoms with E-state index in [1.54, 1.807) is 26.2 Å². The first-order chi connectivity index (χ1) is 11.3. The van der Waals surface area contributed by atoms with Crippen LogP contribution in [0.5, 0.6) is 0 Å². The highest BCUT2D eigenvalue weighted by Crippen LogP contribution is 2.23. The van der Waals surface area contributed by atoms with Gasteiger partial charge in [-0.05, 0) is 62.6 Å². The van der Waals surface area contributed by atoms with Crippen molar-refractivity contribution in [1.82, 2.24) is 10.3 Å². The zero-order valence-electron chi connectivity index (χ0n) is 14.5. The third-order valence-electron chi connectivity index (χ3n) is 4.19. The molecule has 0 spiro atoms. The molecule has 0 saturated carbocycles. The van der Waals surface area contributed by atoms with E-state index >= 15 is 0 Å². The molecule has 0 radical (unpaired) electrons. The summed E-state index contributed by atoms with van der Waals surface area (Å²) in [6, 6.07) is 9.35. The third-order valence-corrected chi connectivity index (χ3v) is 4.19. The van der Waals surface area contributed by atoms with Crippen molar-refractivity contribution in [3.05, 3.63) is 59.4 Å². The molecule has 1 heterocycles. The van der Waals surface area contributed by atoms with Gasteiger partial charge in [-0.15, -0.1) is 0 Å². The minimum absolute atomic E-state index is 0.317. The number of hydrogen-bond acceptors (Lipinski definition) is 3. The van der Waals surface area contributed by atoms with Crippen molar-refractivity contribution < 1.29 is 9.59 Å². The molecule has 0 atom stereocenters. The van der Waals surface area contributed by atoms with E-state index in [2.05, 4.69) is 15.6 Å². The standard InChI is InChI=1S/C19H23N3O2/c1-13-6-5-7-16(14(13)2)22-18(24)19(3,4)17(23)21-12-15-8-10-20-11-9-15/h5-11H,12H2,1-4H3,(H,21,23)(H,22,24). The van der Waals surface area contributed by atoms with Crippen LogP contribution in [0, 0.1) is 19.3 Å². The second-order valence-corrected chi connectivity index (χ2v) is 6.36. The van der Waals surface area contributed by atoms with Crippen molar-refractivity contribution in [2.45, 2.75) is 34.2 Å². The molecule has 24 heavy (non-hydrogen) atoms. The monoisotopic (exact) mass is 325 g/mol. The van der Waals surface area contributed by atoms with E-state index in [0.29, 0.717) is 6.54 Å². The second-order valence-electron chi connectivity index (χ2n) is 6.36. The van der Waals surface area contributed by atoms with Crippen molar-refractivity contribution in [2.24, 2.45) is 5.41 Å². The van der Waals surface area contributed by atoms with E-state index in [1.807, 2.05) is 44.2 Å². The first kappa shape index (κ1) is 17.7. The average molecular weight is 325 g/mol. The number of amides is 2. The van der Waals surface area contributed by atoms with Gasteiger partial charge in [-0.25, -0.2) is 0 Å². The van der Waals surface area contributed by atoms with Gasteiger partial charge >= 0.3 is 0 Å². The van der Waals surface area contributed by atoms with Crippen LogP contribution in [0.2, 0.25) is 0 Å². The summed E-state index contributed by atoms with van der Waals surface area (Å²) in [7, 11) is 0. The molecule has 5 heteroatoms. The minimum Gasteiger partial charge on any atom is -0.351 e. The molecular formula is C19H23N3O2. The van der Waals surface area contributed by atoms with Crippen LogP contribution in [0.1, 0.15) is 30.5 Å². The van der Waals surface area contributed by atoms with Gasteiger partial charge in [0.25, 0.3) is 0 Å². The molecule has 2 rings (SSSR count). The lowest BCUT2D eigenvalue weighted by Crippen LogP contribution is -2.45. The Morgan fingerprint density at radius 3 is 2.38 bits per heavy atom. The number of carbonyl (C=O) groups is 2. The summed E-state index contributed by atoms with van der Waals surface area (Å²) in [5, 5.41) is 5.66. The number of aromatic nitrogens is 1. The van der Waals surface area contributed by atoms with Crippen molar-refractivity contribution in [3.8, 4) is 0 Å². The molecule has 1 aromatic carbocycles. The Bertz CT molecular complexity index is 740. The lowest BCUT2D eigenvalue weighted by molar-refractivity contribution is -0.138. The summed E-state index contributed by atoms with van der Waals surface area (Å²) in [6.45, 7) is 7.53. The largest absolute Gasteiger partial charge is 0.351 e. The van der Waals surface area contributed by atoms with Gasteiger partial charge in [0.15, 0.2) is 0 Å². The molecule has 126 valence electrons. The number of carbonyl (C=O) groups excluding carboxylic acids is 2. The number of anilines is 1. The highest BCUT2D eigenvalue weighted by Gasteiger charge is 2.36. The zero-order valence-corrected chi connectivity index (χ0v) is 14.5. The Kier molecular flexibility index (Phi) is 5.34. The number of benzene rings is 1. The topological polar surface area (TPSA) is 71.1 Å². The van der Waals surface area contributed by atoms with Gasteiger partial charge in [0, 0.05) is 24.6 Å². The second kappa shape index (κ2) is 7.25. The van der Waals surface area contributed by atoms with Crippen LogP contribution >= 0.6 is 0 Å². The van der Waals surface area contributed by atoms with Crippen molar-refractivity contribution >= 4 is 17.5 Å². The van der Waals surface area contributed by atoms with Crippen molar-refractivity contribution in [3.63, 3.8) is 0 Å². The van der Waals surface area contributed by atoms with Crippen LogP contribution in [-0.4, -0.2) is 16.8 Å². The smallest absolute Gasteiger partial charge is 0.239 e. The summed E-state index contributed by atoms with van der Waals surface area (Å²) in [5.41, 5.74) is 2.58. The fraction of sp³-hybridized carbons (Fsp3) is 0.316. The lowest BCUT2D eigenvalue weighted by atomic mass is 9.90. The summed E-state index contributed by atoms with van der Waals surface area (Å²) >= 11 is 0. The molecule has 0 aliphatic carbocycles. The number of pyridine rings is 1. The van der Waals surface area contributed by atoms with E-state index in [0.717, 1.165) is 22.4 Å². The highest BCUT2D eigenvalue weighted by atomic mass is 16.2. The third kappa shape index (κ3) is 3.98. The van der Waals surface area contributed by atoms with Crippen LogP contribution in [0.25, 0.3) is 0 Å². The Hall–Kier alpha value is -2.69. The van der Waals surface area contributed by atoms with E-state index in [-0.39, 0.29) is 11.8 Å². The molecule has 0 saturated heterocycles. The van der Waals surface area contributed by atoms with Crippen molar-refractivity contribution in [1.29, 1.82) is 0 Å². The van der Waals surface area contributed by atoms with Gasteiger partial charge in [-0.2, -0.15) is 0 Å². The fourth-order valence-electron chi connectivity index (χ4n) is 2.17. The molecule has 1 aromatic heterocycles. The minimum atomic E-state index is -1.18. The maximum absolute atomic E-state index is 12.6. The maximum atomic E-state index is 12.6. The van der Waals surface area contributed by atoms with Gasteiger partial charge in [0.1, 0.15) is 5.41 Å². The summed E-state index contributed by atoms with van der Waals surface area (Å²) in [6.07, 6.45) is 3.33. The number of aryl methyl sites for hydroxylation is 1. The van der Waals surface area contributed by atoms with E-state index in [1.165, 1.54) is 0 Å². The fourth-order valence-corrected chi connectivity index (χ4v) is 2.17. The first-order valence-corrected chi connectivity index (χ1v) is 7.87. The van der Waals surface area contributed by atoms with Crippen LogP contribution in [0.3, 0.4) is 0 Å². The molecule has 2 amide bonds. The Labute approximate surface area is 142 Å². The lowest BCUT2D eigenvalue weighted by Gasteiger charge is -2.23. The predicted molar refractivity (Wildman–Crippen MR) is 94.4 cm³/mol. The normalized spacial score (nSPS) is 11.0. The Balaban J connectivity index is 2.03. The molecule has 2 aromatic rings. The molecule has 0 aliphatic heterocycles. The van der Waals surface area contributed by atoms with Crippen LogP contribution in [-0.2, 0) is 16.1 Å². The molecule has 5 nitrogen and oxygen atoms in total. The van der Waals surface area contributed by atoms with E-state index in [4.69, 9.17) is 0 Å². The van der Waals surface area contributed by atoms with Gasteiger partial charge in [0.05, 0.1) is 0 Å². The SMILES string of the molecule is Cc1cccc(NC(=O)C(C)(C)C(=O)NCc2ccncc2)c1C. The summed E-state index contributed by atoms with van der Waals surface area (Å²) < 4.78 is 0. The molecule has 0 unspecified atom stereocenters. The molecular weight excluding hydrogens is 302 g/mol. The zero-order chi connectivity index (χ0) is 17.7. The predicted octanol–water partition coefficient (Wildman–Crippen LogP) is 2.98.